The number of fused-ring (bicyclic) bond motifs is 1. The maximum Gasteiger partial charge on any atom is 0.253 e. The zero-order valence-corrected chi connectivity index (χ0v) is 13.3. The standard InChI is InChI=1S/C16H18BrNO3/c17-14-1-2-15-12(8-14)7-13(10-21-15)16(20)18-5-3-11(9-18)4-6-19/h1-2,7-8,11,19H,3-6,9-10H2. The van der Waals surface area contributed by atoms with Gasteiger partial charge in [0, 0.05) is 29.7 Å². The summed E-state index contributed by atoms with van der Waals surface area (Å²) in [5.41, 5.74) is 1.63. The number of aliphatic hydroxyl groups excluding tert-OH is 1. The zero-order chi connectivity index (χ0) is 14.8. The van der Waals surface area contributed by atoms with E-state index in [1.54, 1.807) is 0 Å². The fourth-order valence-electron chi connectivity index (χ4n) is 2.91. The van der Waals surface area contributed by atoms with Crippen molar-refractivity contribution in [2.45, 2.75) is 12.8 Å². The molecule has 1 fully saturated rings. The van der Waals surface area contributed by atoms with Gasteiger partial charge in [0.15, 0.2) is 0 Å². The van der Waals surface area contributed by atoms with E-state index in [2.05, 4.69) is 15.9 Å². The van der Waals surface area contributed by atoms with E-state index >= 15 is 0 Å². The molecular weight excluding hydrogens is 334 g/mol. The maximum atomic E-state index is 12.5. The molecular formula is C16H18BrNO3. The van der Waals surface area contributed by atoms with E-state index in [4.69, 9.17) is 9.84 Å². The first-order valence-corrected chi connectivity index (χ1v) is 7.99. The van der Waals surface area contributed by atoms with Gasteiger partial charge in [0.25, 0.3) is 5.91 Å². The summed E-state index contributed by atoms with van der Waals surface area (Å²) >= 11 is 3.43. The second-order valence-electron chi connectivity index (χ2n) is 5.56. The van der Waals surface area contributed by atoms with Gasteiger partial charge in [0.05, 0.1) is 5.57 Å². The van der Waals surface area contributed by atoms with Gasteiger partial charge in [0.2, 0.25) is 0 Å². The molecule has 21 heavy (non-hydrogen) atoms. The average molecular weight is 352 g/mol. The van der Waals surface area contributed by atoms with Gasteiger partial charge < -0.3 is 14.7 Å². The lowest BCUT2D eigenvalue weighted by atomic mass is 10.1. The largest absolute Gasteiger partial charge is 0.488 e. The topological polar surface area (TPSA) is 49.8 Å². The molecule has 2 heterocycles. The van der Waals surface area contributed by atoms with Crippen molar-refractivity contribution in [2.24, 2.45) is 5.92 Å². The monoisotopic (exact) mass is 351 g/mol. The highest BCUT2D eigenvalue weighted by Crippen LogP contribution is 2.30. The number of carbonyl (C=O) groups is 1. The summed E-state index contributed by atoms with van der Waals surface area (Å²) in [5.74, 6) is 1.29. The molecule has 1 amide bonds. The minimum Gasteiger partial charge on any atom is -0.488 e. The highest BCUT2D eigenvalue weighted by atomic mass is 79.9. The highest BCUT2D eigenvalue weighted by Gasteiger charge is 2.29. The molecule has 1 aromatic carbocycles. The molecule has 1 saturated heterocycles. The van der Waals surface area contributed by atoms with E-state index in [9.17, 15) is 4.79 Å². The Bertz CT molecular complexity index is 585. The number of hydrogen-bond donors (Lipinski definition) is 1. The SMILES string of the molecule is O=C(C1=Cc2cc(Br)ccc2OC1)N1CCC(CCO)C1. The Morgan fingerprint density at radius 2 is 2.33 bits per heavy atom. The minimum absolute atomic E-state index is 0.0565. The summed E-state index contributed by atoms with van der Waals surface area (Å²) in [6.45, 7) is 2.03. The first-order chi connectivity index (χ1) is 10.2. The third kappa shape index (κ3) is 3.14. The number of amides is 1. The Hall–Kier alpha value is -1.33. The molecule has 2 aliphatic heterocycles. The number of aliphatic hydroxyl groups is 1. The molecule has 0 saturated carbocycles. The number of nitrogens with zero attached hydrogens (tertiary/aromatic N) is 1. The quantitative estimate of drug-likeness (QED) is 0.909. The summed E-state index contributed by atoms with van der Waals surface area (Å²) in [6, 6.07) is 5.80. The van der Waals surface area contributed by atoms with Crippen LogP contribution >= 0.6 is 15.9 Å². The first kappa shape index (κ1) is 14.6. The molecule has 4 nitrogen and oxygen atoms in total. The Labute approximate surface area is 132 Å². The Morgan fingerprint density at radius 3 is 3.14 bits per heavy atom. The van der Waals surface area contributed by atoms with Gasteiger partial charge in [-0.25, -0.2) is 0 Å². The zero-order valence-electron chi connectivity index (χ0n) is 11.7. The third-order valence-corrected chi connectivity index (χ3v) is 4.56. The van der Waals surface area contributed by atoms with Crippen molar-refractivity contribution < 1.29 is 14.6 Å². The lowest BCUT2D eigenvalue weighted by Gasteiger charge is -2.22. The molecule has 1 unspecified atom stereocenters. The molecule has 112 valence electrons. The fraction of sp³-hybridized carbons (Fsp3) is 0.438. The van der Waals surface area contributed by atoms with Crippen LogP contribution in [0.25, 0.3) is 6.08 Å². The Morgan fingerprint density at radius 1 is 1.48 bits per heavy atom. The van der Waals surface area contributed by atoms with Gasteiger partial charge in [-0.2, -0.15) is 0 Å². The minimum atomic E-state index is 0.0565. The van der Waals surface area contributed by atoms with Crippen LogP contribution in [0.3, 0.4) is 0 Å². The predicted molar refractivity (Wildman–Crippen MR) is 84.0 cm³/mol. The molecule has 1 atom stereocenters. The second-order valence-corrected chi connectivity index (χ2v) is 6.47. The van der Waals surface area contributed by atoms with Crippen LogP contribution in [0.5, 0.6) is 5.75 Å². The summed E-state index contributed by atoms with van der Waals surface area (Å²) in [6.07, 6.45) is 3.67. The Kier molecular flexibility index (Phi) is 4.31. The smallest absolute Gasteiger partial charge is 0.253 e. The van der Waals surface area contributed by atoms with E-state index in [0.717, 1.165) is 41.7 Å². The van der Waals surface area contributed by atoms with Crippen molar-refractivity contribution >= 4 is 27.9 Å². The van der Waals surface area contributed by atoms with E-state index in [0.29, 0.717) is 18.1 Å². The van der Waals surface area contributed by atoms with Crippen molar-refractivity contribution in [1.82, 2.24) is 4.90 Å². The fourth-order valence-corrected chi connectivity index (χ4v) is 3.29. The number of halogens is 1. The van der Waals surface area contributed by atoms with E-state index in [-0.39, 0.29) is 12.5 Å². The van der Waals surface area contributed by atoms with Crippen molar-refractivity contribution in [2.75, 3.05) is 26.3 Å². The number of ether oxygens (including phenoxy) is 1. The van der Waals surface area contributed by atoms with Crippen LogP contribution in [0.1, 0.15) is 18.4 Å². The van der Waals surface area contributed by atoms with Crippen LogP contribution in [-0.2, 0) is 4.79 Å². The lowest BCUT2D eigenvalue weighted by molar-refractivity contribution is -0.126. The van der Waals surface area contributed by atoms with Gasteiger partial charge in [0.1, 0.15) is 12.4 Å². The van der Waals surface area contributed by atoms with Crippen LogP contribution in [0.4, 0.5) is 0 Å². The van der Waals surface area contributed by atoms with Crippen molar-refractivity contribution in [1.29, 1.82) is 0 Å². The summed E-state index contributed by atoms with van der Waals surface area (Å²) in [5, 5.41) is 9.00. The first-order valence-electron chi connectivity index (χ1n) is 7.20. The Balaban J connectivity index is 1.74. The third-order valence-electron chi connectivity index (χ3n) is 4.07. The molecule has 0 aromatic heterocycles. The van der Waals surface area contributed by atoms with Gasteiger partial charge in [-0.3, -0.25) is 4.79 Å². The number of benzene rings is 1. The number of carbonyl (C=O) groups excluding carboxylic acids is 1. The summed E-state index contributed by atoms with van der Waals surface area (Å²) < 4.78 is 6.64. The van der Waals surface area contributed by atoms with Crippen molar-refractivity contribution in [3.05, 3.63) is 33.8 Å². The molecule has 3 rings (SSSR count). The number of rotatable bonds is 3. The lowest BCUT2D eigenvalue weighted by Crippen LogP contribution is -2.32. The van der Waals surface area contributed by atoms with Crippen LogP contribution in [0.2, 0.25) is 0 Å². The van der Waals surface area contributed by atoms with E-state index in [1.807, 2.05) is 29.2 Å². The van der Waals surface area contributed by atoms with Gasteiger partial charge >= 0.3 is 0 Å². The number of likely N-dealkylation sites (tertiary alicyclic amines) is 1. The molecule has 1 N–H and O–H groups in total. The van der Waals surface area contributed by atoms with Gasteiger partial charge in [-0.1, -0.05) is 15.9 Å². The highest BCUT2D eigenvalue weighted by molar-refractivity contribution is 9.10. The van der Waals surface area contributed by atoms with Crippen LogP contribution < -0.4 is 4.74 Å². The van der Waals surface area contributed by atoms with Gasteiger partial charge in [-0.15, -0.1) is 0 Å². The molecule has 2 aliphatic rings. The molecule has 1 aromatic rings. The van der Waals surface area contributed by atoms with Crippen LogP contribution in [0, 0.1) is 5.92 Å². The molecule has 0 radical (unpaired) electrons. The molecule has 5 heteroatoms. The van der Waals surface area contributed by atoms with Crippen LogP contribution in [0.15, 0.2) is 28.2 Å². The van der Waals surface area contributed by atoms with Crippen molar-refractivity contribution in [3.63, 3.8) is 0 Å². The average Bonchev–Trinajstić information content (AvgIpc) is 2.94. The predicted octanol–water partition coefficient (Wildman–Crippen LogP) is 2.46. The maximum absolute atomic E-state index is 12.5. The van der Waals surface area contributed by atoms with Gasteiger partial charge in [-0.05, 0) is 43.0 Å². The normalized spacial score (nSPS) is 20.8. The molecule has 0 spiro atoms. The van der Waals surface area contributed by atoms with Crippen LogP contribution in [-0.4, -0.2) is 42.2 Å². The number of hydrogen-bond acceptors (Lipinski definition) is 3. The van der Waals surface area contributed by atoms with E-state index < -0.39 is 0 Å². The molecule has 0 bridgehead atoms. The molecule has 0 aliphatic carbocycles. The van der Waals surface area contributed by atoms with E-state index in [1.165, 1.54) is 0 Å². The second kappa shape index (κ2) is 6.20. The summed E-state index contributed by atoms with van der Waals surface area (Å²) in [4.78, 5) is 14.4. The van der Waals surface area contributed by atoms with Crippen molar-refractivity contribution in [3.8, 4) is 5.75 Å². The summed E-state index contributed by atoms with van der Waals surface area (Å²) in [7, 11) is 0.